The van der Waals surface area contributed by atoms with Crippen molar-refractivity contribution in [3.05, 3.63) is 107 Å². The van der Waals surface area contributed by atoms with Crippen LogP contribution in [-0.4, -0.2) is 0 Å². The summed E-state index contributed by atoms with van der Waals surface area (Å²) in [6, 6.07) is 20.8. The Morgan fingerprint density at radius 2 is 0.885 bits per heavy atom. The maximum atomic E-state index is 4.31. The number of rotatable bonds is 4. The molecule has 0 aliphatic rings. The predicted octanol–water partition coefficient (Wildman–Crippen LogP) is 3.77. The summed E-state index contributed by atoms with van der Waals surface area (Å²) in [5, 5.41) is 3.93. The highest BCUT2D eigenvalue weighted by molar-refractivity contribution is 5.86. The second-order valence-corrected chi connectivity index (χ2v) is 6.07. The summed E-state index contributed by atoms with van der Waals surface area (Å²) in [7, 11) is 0. The van der Waals surface area contributed by atoms with Crippen LogP contribution in [0.25, 0.3) is 47.6 Å². The first-order chi connectivity index (χ1) is 12.7. The first-order valence-electron chi connectivity index (χ1n) is 8.59. The van der Waals surface area contributed by atoms with Crippen LogP contribution in [0.2, 0.25) is 0 Å². The average Bonchev–Trinajstić information content (AvgIpc) is 2.69. The van der Waals surface area contributed by atoms with Crippen LogP contribution in [0.4, 0.5) is 0 Å². The molecule has 0 saturated carbocycles. The molecule has 26 heavy (non-hydrogen) atoms. The molecule has 0 atom stereocenters. The van der Waals surface area contributed by atoms with Gasteiger partial charge in [-0.3, -0.25) is 0 Å². The van der Waals surface area contributed by atoms with E-state index in [2.05, 4.69) is 74.8 Å². The highest BCUT2D eigenvalue weighted by Gasteiger charge is 2.12. The standard InChI is InChI=1S/C26H22/c1-5-13-23-19(3)20(4)24(14-6-2)26(22-17-11-8-12-18-22)25(23)21-15-9-7-10-16-21/h5-18H,1-4H2/b23-13+,24-14+. The van der Waals surface area contributed by atoms with E-state index in [4.69, 9.17) is 0 Å². The maximum Gasteiger partial charge on any atom is -0.00206 e. The summed E-state index contributed by atoms with van der Waals surface area (Å²) >= 11 is 0. The van der Waals surface area contributed by atoms with Gasteiger partial charge in [-0.2, -0.15) is 0 Å². The van der Waals surface area contributed by atoms with Crippen LogP contribution in [0.15, 0.2) is 86.0 Å². The molecule has 0 aliphatic heterocycles. The molecule has 0 radical (unpaired) electrons. The van der Waals surface area contributed by atoms with Crippen LogP contribution in [0.1, 0.15) is 0 Å². The van der Waals surface area contributed by atoms with Gasteiger partial charge in [0.1, 0.15) is 0 Å². The molecule has 0 nitrogen and oxygen atoms in total. The Labute approximate surface area is 154 Å². The fourth-order valence-corrected chi connectivity index (χ4v) is 3.31. The third-order valence-corrected chi connectivity index (χ3v) is 4.50. The van der Waals surface area contributed by atoms with Gasteiger partial charge in [-0.15, -0.1) is 0 Å². The van der Waals surface area contributed by atoms with Crippen LogP contribution in [0.3, 0.4) is 0 Å². The second-order valence-electron chi connectivity index (χ2n) is 6.07. The molecule has 0 saturated heterocycles. The third-order valence-electron chi connectivity index (χ3n) is 4.50. The zero-order valence-electron chi connectivity index (χ0n) is 14.9. The second kappa shape index (κ2) is 7.67. The van der Waals surface area contributed by atoms with Crippen LogP contribution in [0.5, 0.6) is 0 Å². The van der Waals surface area contributed by atoms with Crippen molar-refractivity contribution in [3.63, 3.8) is 0 Å². The molecule has 3 rings (SSSR count). The van der Waals surface area contributed by atoms with Gasteiger partial charge in [0.05, 0.1) is 0 Å². The van der Waals surface area contributed by atoms with Crippen LogP contribution in [0, 0.1) is 0 Å². The summed E-state index contributed by atoms with van der Waals surface area (Å²) in [5.41, 5.74) is 4.57. The quantitative estimate of drug-likeness (QED) is 0.681. The zero-order valence-corrected chi connectivity index (χ0v) is 14.9. The Morgan fingerprint density at radius 3 is 1.19 bits per heavy atom. The molecule has 0 aliphatic carbocycles. The number of benzene rings is 3. The lowest BCUT2D eigenvalue weighted by atomic mass is 9.89. The van der Waals surface area contributed by atoms with Crippen LogP contribution >= 0.6 is 0 Å². The highest BCUT2D eigenvalue weighted by atomic mass is 14.2. The smallest absolute Gasteiger partial charge is 0.00206 e. The Kier molecular flexibility index (Phi) is 5.15. The predicted molar refractivity (Wildman–Crippen MR) is 116 cm³/mol. The minimum absolute atomic E-state index is 0.913. The Morgan fingerprint density at radius 1 is 0.538 bits per heavy atom. The molecule has 0 spiro atoms. The van der Waals surface area contributed by atoms with Crippen molar-refractivity contribution >= 4 is 25.3 Å². The molecule has 0 N–H and O–H groups in total. The van der Waals surface area contributed by atoms with Gasteiger partial charge >= 0.3 is 0 Å². The fourth-order valence-electron chi connectivity index (χ4n) is 3.31. The van der Waals surface area contributed by atoms with Crippen molar-refractivity contribution in [2.75, 3.05) is 0 Å². The topological polar surface area (TPSA) is 0 Å². The summed E-state index contributed by atoms with van der Waals surface area (Å²) in [5.74, 6) is 0. The van der Waals surface area contributed by atoms with Crippen LogP contribution < -0.4 is 20.9 Å². The van der Waals surface area contributed by atoms with Crippen molar-refractivity contribution in [2.24, 2.45) is 0 Å². The summed E-state index contributed by atoms with van der Waals surface area (Å²) in [6.45, 7) is 16.4. The lowest BCUT2D eigenvalue weighted by molar-refractivity contribution is 1.40. The van der Waals surface area contributed by atoms with Crippen molar-refractivity contribution in [1.82, 2.24) is 0 Å². The minimum atomic E-state index is 0.913. The zero-order chi connectivity index (χ0) is 18.5. The Hall–Kier alpha value is -3.38. The van der Waals surface area contributed by atoms with Crippen molar-refractivity contribution in [3.8, 4) is 22.3 Å². The lowest BCUT2D eigenvalue weighted by Gasteiger charge is -2.14. The molecule has 0 amide bonds. The fraction of sp³-hybridized carbons (Fsp3) is 0. The summed E-state index contributed by atoms with van der Waals surface area (Å²) in [6.07, 6.45) is 7.65. The van der Waals surface area contributed by atoms with E-state index < -0.39 is 0 Å². The van der Waals surface area contributed by atoms with Gasteiger partial charge in [0.15, 0.2) is 0 Å². The number of hydrogen-bond acceptors (Lipinski definition) is 0. The molecule has 0 heterocycles. The van der Waals surface area contributed by atoms with E-state index in [1.165, 1.54) is 0 Å². The molecule has 0 unspecified atom stereocenters. The van der Waals surface area contributed by atoms with Crippen molar-refractivity contribution in [1.29, 1.82) is 0 Å². The molecular weight excluding hydrogens is 312 g/mol. The highest BCUT2D eigenvalue weighted by Crippen LogP contribution is 2.25. The first-order valence-corrected chi connectivity index (χ1v) is 8.59. The summed E-state index contributed by atoms with van der Waals surface area (Å²) in [4.78, 5) is 0. The normalized spacial score (nSPS) is 12.2. The molecule has 126 valence electrons. The van der Waals surface area contributed by atoms with Gasteiger partial charge in [0.2, 0.25) is 0 Å². The molecule has 0 bridgehead atoms. The number of allylic oxidation sites excluding steroid dienone is 2. The van der Waals surface area contributed by atoms with Crippen LogP contribution in [-0.2, 0) is 0 Å². The first kappa shape index (κ1) is 17.4. The minimum Gasteiger partial charge on any atom is -0.0990 e. The van der Waals surface area contributed by atoms with E-state index in [1.807, 2.05) is 36.4 Å². The van der Waals surface area contributed by atoms with Gasteiger partial charge in [-0.1, -0.05) is 111 Å². The molecule has 0 heteroatoms. The number of hydrogen-bond donors (Lipinski definition) is 0. The maximum absolute atomic E-state index is 4.31. The molecule has 0 fully saturated rings. The SMILES string of the molecule is C=C/C=c1/c(-c2ccccc2)c(-c2ccccc2)/c(=C/C=C)c(=C)c1=C. The Bertz CT molecular complexity index is 1070. The molecular formula is C26H22. The monoisotopic (exact) mass is 334 g/mol. The summed E-state index contributed by atoms with van der Waals surface area (Å²) < 4.78 is 0. The van der Waals surface area contributed by atoms with E-state index in [-0.39, 0.29) is 0 Å². The van der Waals surface area contributed by atoms with Gasteiger partial charge < -0.3 is 0 Å². The van der Waals surface area contributed by atoms with Gasteiger partial charge in [0.25, 0.3) is 0 Å². The van der Waals surface area contributed by atoms with E-state index in [1.54, 1.807) is 0 Å². The average molecular weight is 334 g/mol. The van der Waals surface area contributed by atoms with Crippen molar-refractivity contribution < 1.29 is 0 Å². The molecule has 0 aromatic heterocycles. The Balaban J connectivity index is 2.68. The van der Waals surface area contributed by atoms with Crippen molar-refractivity contribution in [2.45, 2.75) is 0 Å². The van der Waals surface area contributed by atoms with Gasteiger partial charge in [-0.25, -0.2) is 0 Å². The van der Waals surface area contributed by atoms with Gasteiger partial charge in [-0.05, 0) is 43.1 Å². The third kappa shape index (κ3) is 3.10. The van der Waals surface area contributed by atoms with Gasteiger partial charge in [0, 0.05) is 0 Å². The van der Waals surface area contributed by atoms with E-state index in [9.17, 15) is 0 Å². The largest absolute Gasteiger partial charge is 0.0990 e. The lowest BCUT2D eigenvalue weighted by Crippen LogP contribution is -2.48. The van der Waals surface area contributed by atoms with E-state index in [0.29, 0.717) is 0 Å². The van der Waals surface area contributed by atoms with E-state index >= 15 is 0 Å². The van der Waals surface area contributed by atoms with E-state index in [0.717, 1.165) is 43.1 Å². The molecule has 3 aromatic rings. The molecule has 3 aromatic carbocycles.